The summed E-state index contributed by atoms with van der Waals surface area (Å²) in [4.78, 5) is 21.4. The quantitative estimate of drug-likeness (QED) is 0.214. The van der Waals surface area contributed by atoms with Crippen LogP contribution in [0, 0.1) is 13.8 Å². The summed E-state index contributed by atoms with van der Waals surface area (Å²) < 4.78 is 41.0. The first kappa shape index (κ1) is 31.1. The number of benzene rings is 3. The van der Waals surface area contributed by atoms with Gasteiger partial charge in [-0.05, 0) is 73.0 Å². The van der Waals surface area contributed by atoms with E-state index in [1.54, 1.807) is 62.9 Å². The van der Waals surface area contributed by atoms with Gasteiger partial charge in [0.15, 0.2) is 11.4 Å². The minimum atomic E-state index is -3.94. The van der Waals surface area contributed by atoms with Crippen LogP contribution in [-0.4, -0.2) is 74.4 Å². The molecule has 0 bridgehead atoms. The zero-order valence-electron chi connectivity index (χ0n) is 27.1. The summed E-state index contributed by atoms with van der Waals surface area (Å²) in [6.07, 6.45) is 5.04. The normalized spacial score (nSPS) is 16.2. The predicted octanol–water partition coefficient (Wildman–Crippen LogP) is 6.27. The summed E-state index contributed by atoms with van der Waals surface area (Å²) in [6, 6.07) is 22.5. The molecule has 2 fully saturated rings. The van der Waals surface area contributed by atoms with E-state index in [0.717, 1.165) is 53.7 Å². The van der Waals surface area contributed by atoms with Gasteiger partial charge in [-0.25, -0.2) is 17.4 Å². The van der Waals surface area contributed by atoms with Gasteiger partial charge in [-0.1, -0.05) is 35.9 Å². The molecule has 10 heteroatoms. The molecule has 0 aliphatic carbocycles. The van der Waals surface area contributed by atoms with Gasteiger partial charge in [0.05, 0.1) is 18.1 Å². The van der Waals surface area contributed by atoms with Gasteiger partial charge in [-0.3, -0.25) is 4.79 Å². The first-order chi connectivity index (χ1) is 22.5. The monoisotopic (exact) mass is 650 g/mol. The molecule has 2 aliphatic heterocycles. The highest BCUT2D eigenvalue weighted by molar-refractivity contribution is 7.90. The molecule has 1 spiro atoms. The number of nitrogens with zero attached hydrogens (tertiary/aromatic N) is 4. The van der Waals surface area contributed by atoms with E-state index in [1.165, 1.54) is 14.6 Å². The van der Waals surface area contributed by atoms with E-state index >= 15 is 0 Å². The Balaban J connectivity index is 1.28. The number of amides is 1. The van der Waals surface area contributed by atoms with Crippen molar-refractivity contribution in [1.82, 2.24) is 13.9 Å². The van der Waals surface area contributed by atoms with E-state index in [1.807, 2.05) is 25.1 Å². The lowest BCUT2D eigenvalue weighted by Gasteiger charge is -2.39. The molecule has 7 rings (SSSR count). The molecule has 2 saturated heterocycles. The summed E-state index contributed by atoms with van der Waals surface area (Å²) in [5.41, 5.74) is 7.55. The van der Waals surface area contributed by atoms with Gasteiger partial charge >= 0.3 is 0 Å². The number of rotatable bonds is 6. The van der Waals surface area contributed by atoms with Gasteiger partial charge in [-0.15, -0.1) is 0 Å². The molecule has 0 saturated carbocycles. The topological polar surface area (TPSA) is 94.0 Å². The van der Waals surface area contributed by atoms with Crippen molar-refractivity contribution in [2.45, 2.75) is 37.4 Å². The third-order valence-electron chi connectivity index (χ3n) is 9.25. The first-order valence-corrected chi connectivity index (χ1v) is 17.3. The molecular weight excluding hydrogens is 612 g/mol. The SMILES string of the molecule is Cc1ccc(S(=O)(=O)n2cc(-c3ccc(C(=O)N(C)C)cc3)c3cc(-c4ccc(N5CCC6(CC5)OCCO6)c(C)c4)cnc32)cc1. The number of piperidine rings is 1. The van der Waals surface area contributed by atoms with E-state index in [0.29, 0.717) is 35.4 Å². The Morgan fingerprint density at radius 3 is 2.15 bits per heavy atom. The molecule has 5 aromatic rings. The van der Waals surface area contributed by atoms with E-state index in [4.69, 9.17) is 14.5 Å². The van der Waals surface area contributed by atoms with Crippen LogP contribution in [-0.2, 0) is 19.5 Å². The molecule has 0 unspecified atom stereocenters. The average molecular weight is 651 g/mol. The van der Waals surface area contributed by atoms with Crippen LogP contribution in [0.15, 0.2) is 90.1 Å². The van der Waals surface area contributed by atoms with Crippen molar-refractivity contribution in [3.05, 3.63) is 102 Å². The molecule has 2 aromatic heterocycles. The minimum absolute atomic E-state index is 0.104. The third kappa shape index (κ3) is 5.71. The van der Waals surface area contributed by atoms with Gasteiger partial charge in [0.25, 0.3) is 15.9 Å². The highest BCUT2D eigenvalue weighted by atomic mass is 32.2. The van der Waals surface area contributed by atoms with Crippen molar-refractivity contribution in [2.24, 2.45) is 0 Å². The van der Waals surface area contributed by atoms with Crippen molar-refractivity contribution in [1.29, 1.82) is 0 Å². The number of pyridine rings is 1. The van der Waals surface area contributed by atoms with Crippen LogP contribution in [0.1, 0.15) is 34.3 Å². The first-order valence-electron chi connectivity index (χ1n) is 15.8. The summed E-state index contributed by atoms with van der Waals surface area (Å²) in [5, 5.41) is 0.699. The van der Waals surface area contributed by atoms with Crippen molar-refractivity contribution in [3.63, 3.8) is 0 Å². The highest BCUT2D eigenvalue weighted by Crippen LogP contribution is 2.38. The van der Waals surface area contributed by atoms with Gasteiger partial charge in [0, 0.05) is 80.2 Å². The number of carbonyl (C=O) groups is 1. The van der Waals surface area contributed by atoms with Crippen molar-refractivity contribution >= 4 is 32.7 Å². The van der Waals surface area contributed by atoms with Gasteiger partial charge in [-0.2, -0.15) is 0 Å². The lowest BCUT2D eigenvalue weighted by atomic mass is 9.98. The number of ether oxygens (including phenoxy) is 2. The van der Waals surface area contributed by atoms with Crippen LogP contribution in [0.2, 0.25) is 0 Å². The summed E-state index contributed by atoms with van der Waals surface area (Å²) in [7, 11) is -0.520. The number of anilines is 1. The molecule has 9 nitrogen and oxygen atoms in total. The Morgan fingerprint density at radius 1 is 0.851 bits per heavy atom. The Morgan fingerprint density at radius 2 is 1.51 bits per heavy atom. The van der Waals surface area contributed by atoms with Gasteiger partial charge < -0.3 is 19.3 Å². The van der Waals surface area contributed by atoms with Crippen LogP contribution < -0.4 is 4.90 Å². The number of carbonyl (C=O) groups excluding carboxylic acids is 1. The second-order valence-corrected chi connectivity index (χ2v) is 14.4. The Bertz CT molecular complexity index is 2070. The van der Waals surface area contributed by atoms with E-state index in [-0.39, 0.29) is 10.8 Å². The average Bonchev–Trinajstić information content (AvgIpc) is 3.70. The number of hydrogen-bond acceptors (Lipinski definition) is 7. The summed E-state index contributed by atoms with van der Waals surface area (Å²) >= 11 is 0. The molecule has 0 atom stereocenters. The number of aromatic nitrogens is 2. The van der Waals surface area contributed by atoms with Crippen molar-refractivity contribution in [3.8, 4) is 22.3 Å². The lowest BCUT2D eigenvalue weighted by Crippen LogP contribution is -2.45. The Hall–Kier alpha value is -4.51. The van der Waals surface area contributed by atoms with Gasteiger partial charge in [0.1, 0.15) is 0 Å². The number of aryl methyl sites for hydroxylation is 2. The second kappa shape index (κ2) is 11.9. The fraction of sp³-hybridized carbons (Fsp3) is 0.297. The maximum absolute atomic E-state index is 13.9. The molecule has 0 radical (unpaired) electrons. The highest BCUT2D eigenvalue weighted by Gasteiger charge is 2.40. The Labute approximate surface area is 275 Å². The fourth-order valence-electron chi connectivity index (χ4n) is 6.59. The van der Waals surface area contributed by atoms with Crippen LogP contribution >= 0.6 is 0 Å². The van der Waals surface area contributed by atoms with Crippen molar-refractivity contribution < 1.29 is 22.7 Å². The van der Waals surface area contributed by atoms with E-state index in [9.17, 15) is 13.2 Å². The summed E-state index contributed by atoms with van der Waals surface area (Å²) in [5.74, 6) is -0.526. The standard InChI is InChI=1S/C37H38N4O5S/c1-25-5-12-31(13-6-25)47(43,44)41-24-33(27-7-9-28(10-8-27)36(42)39(3)4)32-22-30(23-38-35(32)41)29-11-14-34(26(2)21-29)40-17-15-37(16-18-40)45-19-20-46-37/h5-14,21-24H,15-20H2,1-4H3. The zero-order valence-corrected chi connectivity index (χ0v) is 27.9. The van der Waals surface area contributed by atoms with E-state index in [2.05, 4.69) is 30.0 Å². The molecule has 0 N–H and O–H groups in total. The maximum atomic E-state index is 13.9. The van der Waals surface area contributed by atoms with Crippen LogP contribution in [0.3, 0.4) is 0 Å². The lowest BCUT2D eigenvalue weighted by molar-refractivity contribution is -0.169. The Kier molecular flexibility index (Phi) is 7.90. The molecule has 4 heterocycles. The van der Waals surface area contributed by atoms with Crippen LogP contribution in [0.4, 0.5) is 5.69 Å². The predicted molar refractivity (Wildman–Crippen MR) is 183 cm³/mol. The smallest absolute Gasteiger partial charge is 0.269 e. The minimum Gasteiger partial charge on any atom is -0.371 e. The summed E-state index contributed by atoms with van der Waals surface area (Å²) in [6.45, 7) is 7.08. The molecular formula is C37H38N4O5S. The molecule has 1 amide bonds. The molecule has 47 heavy (non-hydrogen) atoms. The second-order valence-electron chi connectivity index (χ2n) is 12.6. The molecule has 3 aromatic carbocycles. The fourth-order valence-corrected chi connectivity index (χ4v) is 7.91. The number of hydrogen-bond donors (Lipinski definition) is 0. The van der Waals surface area contributed by atoms with Crippen molar-refractivity contribution in [2.75, 3.05) is 45.3 Å². The van der Waals surface area contributed by atoms with Gasteiger partial charge in [0.2, 0.25) is 0 Å². The molecule has 2 aliphatic rings. The van der Waals surface area contributed by atoms with E-state index < -0.39 is 15.8 Å². The van der Waals surface area contributed by atoms with Crippen LogP contribution in [0.25, 0.3) is 33.3 Å². The largest absolute Gasteiger partial charge is 0.371 e. The van der Waals surface area contributed by atoms with Crippen LogP contribution in [0.5, 0.6) is 0 Å². The number of fused-ring (bicyclic) bond motifs is 1. The third-order valence-corrected chi connectivity index (χ3v) is 10.9. The maximum Gasteiger partial charge on any atom is 0.269 e. The molecule has 242 valence electrons. The zero-order chi connectivity index (χ0) is 32.9.